The van der Waals surface area contributed by atoms with Crippen molar-refractivity contribution in [3.05, 3.63) is 58.7 Å². The number of hydrogen-bond donors (Lipinski definition) is 1. The van der Waals surface area contributed by atoms with Gasteiger partial charge in [-0.1, -0.05) is 19.9 Å². The Morgan fingerprint density at radius 1 is 1.02 bits per heavy atom. The van der Waals surface area contributed by atoms with E-state index in [2.05, 4.69) is 18.7 Å². The van der Waals surface area contributed by atoms with Gasteiger partial charge in [0.15, 0.2) is 11.5 Å². The molecule has 2 aliphatic heterocycles. The summed E-state index contributed by atoms with van der Waals surface area (Å²) in [7, 11) is 3.08. The molecule has 0 unspecified atom stereocenters. The molecule has 0 radical (unpaired) electrons. The smallest absolute Gasteiger partial charge is 0.295 e. The molecular weight excluding hydrogens is 512 g/mol. The zero-order valence-electron chi connectivity index (χ0n) is 24.1. The highest BCUT2D eigenvalue weighted by molar-refractivity contribution is 6.46. The lowest BCUT2D eigenvalue weighted by molar-refractivity contribution is -0.140. The number of nitrogens with zero attached hydrogens (tertiary/aromatic N) is 2. The first-order chi connectivity index (χ1) is 19.2. The van der Waals surface area contributed by atoms with Gasteiger partial charge in [0, 0.05) is 31.7 Å². The molecule has 2 aliphatic rings. The van der Waals surface area contributed by atoms with E-state index in [0.29, 0.717) is 67.1 Å². The number of morpholine rings is 1. The topological polar surface area (TPSA) is 97.8 Å². The van der Waals surface area contributed by atoms with E-state index in [1.165, 1.54) is 7.11 Å². The fraction of sp³-hybridized carbons (Fsp3) is 0.484. The van der Waals surface area contributed by atoms with Gasteiger partial charge in [-0.2, -0.15) is 0 Å². The summed E-state index contributed by atoms with van der Waals surface area (Å²) in [5.41, 5.74) is 1.93. The molecule has 40 heavy (non-hydrogen) atoms. The van der Waals surface area contributed by atoms with Crippen molar-refractivity contribution in [3.8, 4) is 17.2 Å². The van der Waals surface area contributed by atoms with Crippen molar-refractivity contribution in [1.82, 2.24) is 9.80 Å². The number of likely N-dealkylation sites (tertiary alicyclic amines) is 1. The molecule has 2 heterocycles. The average Bonchev–Trinajstić information content (AvgIpc) is 3.21. The lowest BCUT2D eigenvalue weighted by atomic mass is 9.93. The van der Waals surface area contributed by atoms with Gasteiger partial charge >= 0.3 is 0 Å². The van der Waals surface area contributed by atoms with E-state index in [4.69, 9.17) is 18.9 Å². The summed E-state index contributed by atoms with van der Waals surface area (Å²) in [5.74, 6) is 0.518. The van der Waals surface area contributed by atoms with Gasteiger partial charge in [-0.05, 0) is 60.7 Å². The number of benzene rings is 2. The maximum absolute atomic E-state index is 13.5. The van der Waals surface area contributed by atoms with Crippen LogP contribution in [-0.2, 0) is 14.3 Å². The average molecular weight is 553 g/mol. The fourth-order valence-corrected chi connectivity index (χ4v) is 5.17. The molecule has 9 nitrogen and oxygen atoms in total. The summed E-state index contributed by atoms with van der Waals surface area (Å²) >= 11 is 0. The Hall–Kier alpha value is -3.56. The van der Waals surface area contributed by atoms with Gasteiger partial charge in [0.1, 0.15) is 11.5 Å². The predicted molar refractivity (Wildman–Crippen MR) is 152 cm³/mol. The van der Waals surface area contributed by atoms with E-state index < -0.39 is 17.7 Å². The third-order valence-corrected chi connectivity index (χ3v) is 7.28. The molecule has 2 aromatic carbocycles. The largest absolute Gasteiger partial charge is 0.507 e. The fourth-order valence-electron chi connectivity index (χ4n) is 5.17. The standard InChI is InChI=1S/C31H40N2O7/c1-20(2)19-40-23-8-9-24(21(3)17-23)29(34)27-28(22-7-10-25(37-4)26(18-22)38-5)33(31(36)30(27)35)12-6-11-32-13-15-39-16-14-32/h7-10,17-18,20,28,34H,6,11-16,19H2,1-5H3/t28-/m1/s1. The highest BCUT2D eigenvalue weighted by Gasteiger charge is 2.46. The van der Waals surface area contributed by atoms with Crippen molar-refractivity contribution in [2.45, 2.75) is 33.2 Å². The van der Waals surface area contributed by atoms with Crippen LogP contribution in [-0.4, -0.2) is 86.8 Å². The number of carbonyl (C=O) groups is 2. The predicted octanol–water partition coefficient (Wildman–Crippen LogP) is 4.19. The zero-order chi connectivity index (χ0) is 28.8. The number of methoxy groups -OCH3 is 2. The number of amides is 1. The van der Waals surface area contributed by atoms with Crippen LogP contribution in [0.1, 0.15) is 43.0 Å². The maximum atomic E-state index is 13.5. The summed E-state index contributed by atoms with van der Waals surface area (Å²) in [6.07, 6.45) is 0.678. The molecule has 2 aromatic rings. The molecule has 9 heteroatoms. The van der Waals surface area contributed by atoms with Crippen LogP contribution in [0.2, 0.25) is 0 Å². The summed E-state index contributed by atoms with van der Waals surface area (Å²) in [6, 6.07) is 9.87. The molecule has 0 saturated carbocycles. The highest BCUT2D eigenvalue weighted by atomic mass is 16.5. The third kappa shape index (κ3) is 6.42. The lowest BCUT2D eigenvalue weighted by Gasteiger charge is -2.29. The number of Topliss-reactive ketones (excluding diaryl/α,β-unsaturated/α-hetero) is 1. The van der Waals surface area contributed by atoms with E-state index in [9.17, 15) is 14.7 Å². The minimum atomic E-state index is -0.777. The summed E-state index contributed by atoms with van der Waals surface area (Å²) in [6.45, 7) is 10.8. The second-order valence-electron chi connectivity index (χ2n) is 10.6. The second-order valence-corrected chi connectivity index (χ2v) is 10.6. The molecule has 1 amide bonds. The van der Waals surface area contributed by atoms with E-state index in [1.54, 1.807) is 42.3 Å². The Morgan fingerprint density at radius 3 is 2.40 bits per heavy atom. The van der Waals surface area contributed by atoms with Gasteiger partial charge in [0.05, 0.1) is 45.7 Å². The van der Waals surface area contributed by atoms with Crippen LogP contribution in [0.4, 0.5) is 0 Å². The lowest BCUT2D eigenvalue weighted by Crippen LogP contribution is -2.39. The summed E-state index contributed by atoms with van der Waals surface area (Å²) in [4.78, 5) is 30.8. The van der Waals surface area contributed by atoms with E-state index in [-0.39, 0.29) is 11.3 Å². The van der Waals surface area contributed by atoms with Crippen molar-refractivity contribution in [3.63, 3.8) is 0 Å². The first-order valence-electron chi connectivity index (χ1n) is 13.8. The first kappa shape index (κ1) is 29.4. The number of ketones is 1. The monoisotopic (exact) mass is 552 g/mol. The van der Waals surface area contributed by atoms with Crippen molar-refractivity contribution in [2.24, 2.45) is 5.92 Å². The Labute approximate surface area is 236 Å². The van der Waals surface area contributed by atoms with Crippen LogP contribution in [0, 0.1) is 12.8 Å². The van der Waals surface area contributed by atoms with Crippen molar-refractivity contribution >= 4 is 17.4 Å². The van der Waals surface area contributed by atoms with Crippen LogP contribution in [0.3, 0.4) is 0 Å². The number of aliphatic hydroxyl groups is 1. The van der Waals surface area contributed by atoms with Crippen molar-refractivity contribution < 1.29 is 33.6 Å². The summed E-state index contributed by atoms with van der Waals surface area (Å²) in [5, 5.41) is 11.6. The van der Waals surface area contributed by atoms with Crippen LogP contribution in [0.25, 0.3) is 5.76 Å². The van der Waals surface area contributed by atoms with Crippen molar-refractivity contribution in [1.29, 1.82) is 0 Å². The molecular formula is C31H40N2O7. The number of hydrogen-bond acceptors (Lipinski definition) is 8. The molecule has 0 bridgehead atoms. The quantitative estimate of drug-likeness (QED) is 0.252. The van der Waals surface area contributed by atoms with Crippen LogP contribution in [0.5, 0.6) is 17.2 Å². The third-order valence-electron chi connectivity index (χ3n) is 7.28. The molecule has 0 aromatic heterocycles. The first-order valence-corrected chi connectivity index (χ1v) is 13.8. The molecule has 2 fully saturated rings. The normalized spacial score (nSPS) is 19.4. The minimum absolute atomic E-state index is 0.0579. The van der Waals surface area contributed by atoms with E-state index in [0.717, 1.165) is 25.2 Å². The molecule has 2 saturated heterocycles. The van der Waals surface area contributed by atoms with Crippen LogP contribution >= 0.6 is 0 Å². The number of aryl methyl sites for hydroxylation is 1. The molecule has 1 atom stereocenters. The van der Waals surface area contributed by atoms with Gasteiger partial charge in [-0.25, -0.2) is 0 Å². The maximum Gasteiger partial charge on any atom is 0.295 e. The number of ether oxygens (including phenoxy) is 4. The van der Waals surface area contributed by atoms with Gasteiger partial charge in [-0.15, -0.1) is 0 Å². The van der Waals surface area contributed by atoms with Gasteiger partial charge in [-0.3, -0.25) is 14.5 Å². The highest BCUT2D eigenvalue weighted by Crippen LogP contribution is 2.42. The Kier molecular flexibility index (Phi) is 9.71. The van der Waals surface area contributed by atoms with Gasteiger partial charge in [0.2, 0.25) is 0 Å². The van der Waals surface area contributed by atoms with Crippen molar-refractivity contribution in [2.75, 3.05) is 60.2 Å². The van der Waals surface area contributed by atoms with E-state index >= 15 is 0 Å². The number of carbonyl (C=O) groups excluding carboxylic acids is 2. The van der Waals surface area contributed by atoms with Crippen LogP contribution < -0.4 is 14.2 Å². The molecule has 4 rings (SSSR count). The molecule has 216 valence electrons. The SMILES string of the molecule is COc1ccc([C@@H]2C(=C(O)c3ccc(OCC(C)C)cc3C)C(=O)C(=O)N2CCCN2CCOCC2)cc1OC. The Morgan fingerprint density at radius 2 is 1.75 bits per heavy atom. The second kappa shape index (κ2) is 13.2. The van der Waals surface area contributed by atoms with E-state index in [1.807, 2.05) is 13.0 Å². The molecule has 0 spiro atoms. The number of aliphatic hydroxyl groups excluding tert-OH is 1. The molecule has 0 aliphatic carbocycles. The number of rotatable bonds is 11. The van der Waals surface area contributed by atoms with Gasteiger partial charge in [0.25, 0.3) is 11.7 Å². The van der Waals surface area contributed by atoms with Gasteiger partial charge < -0.3 is 29.0 Å². The Bertz CT molecular complexity index is 1250. The summed E-state index contributed by atoms with van der Waals surface area (Å²) < 4.78 is 22.2. The Balaban J connectivity index is 1.72. The minimum Gasteiger partial charge on any atom is -0.507 e. The zero-order valence-corrected chi connectivity index (χ0v) is 24.1. The molecule has 1 N–H and O–H groups in total. The van der Waals surface area contributed by atoms with Crippen LogP contribution in [0.15, 0.2) is 42.0 Å².